The maximum Gasteiger partial charge on any atom is 0.267 e. The molecule has 5 rings (SSSR count). The number of pyridine rings is 1. The summed E-state index contributed by atoms with van der Waals surface area (Å²) in [4.78, 5) is 19.3. The molecule has 0 unspecified atom stereocenters. The highest BCUT2D eigenvalue weighted by Gasteiger charge is 2.22. The van der Waals surface area contributed by atoms with Crippen molar-refractivity contribution in [2.24, 2.45) is 0 Å². The van der Waals surface area contributed by atoms with Crippen molar-refractivity contribution in [2.45, 2.75) is 13.8 Å². The van der Waals surface area contributed by atoms with Gasteiger partial charge in [-0.15, -0.1) is 11.3 Å². The standard InChI is InChI=1S/C29H25N3O2S/c1-17-4-8-20(9-5-17)24-16-23(19-10-14-22(34-3)15-11-19)25-26(30)27(35-29(25)32-24)28(33)31-21-12-6-18(2)7-13-21/h4-16H,30H2,1-3H3,(H,31,33). The van der Waals surface area contributed by atoms with Crippen LogP contribution in [0, 0.1) is 13.8 Å². The third-order valence-corrected chi connectivity index (χ3v) is 7.06. The number of nitrogens with zero attached hydrogens (tertiary/aromatic N) is 1. The Morgan fingerprint density at radius 3 is 2.11 bits per heavy atom. The molecule has 35 heavy (non-hydrogen) atoms. The molecule has 0 atom stereocenters. The molecule has 0 saturated heterocycles. The fraction of sp³-hybridized carbons (Fsp3) is 0.103. The van der Waals surface area contributed by atoms with Gasteiger partial charge in [0, 0.05) is 16.6 Å². The van der Waals surface area contributed by atoms with Gasteiger partial charge >= 0.3 is 0 Å². The summed E-state index contributed by atoms with van der Waals surface area (Å²) in [6, 6.07) is 25.8. The lowest BCUT2D eigenvalue weighted by Gasteiger charge is -2.10. The largest absolute Gasteiger partial charge is 0.497 e. The molecule has 0 fully saturated rings. The van der Waals surface area contributed by atoms with Gasteiger partial charge in [-0.2, -0.15) is 0 Å². The highest BCUT2D eigenvalue weighted by atomic mass is 32.1. The summed E-state index contributed by atoms with van der Waals surface area (Å²) in [5, 5.41) is 3.74. The first-order valence-corrected chi connectivity index (χ1v) is 12.1. The molecule has 0 bridgehead atoms. The van der Waals surface area contributed by atoms with Crippen molar-refractivity contribution < 1.29 is 9.53 Å². The molecule has 3 aromatic carbocycles. The number of nitrogen functional groups attached to an aromatic ring is 1. The van der Waals surface area contributed by atoms with Crippen LogP contribution in [0.5, 0.6) is 5.75 Å². The number of amides is 1. The number of methoxy groups -OCH3 is 1. The lowest BCUT2D eigenvalue weighted by Crippen LogP contribution is -2.11. The van der Waals surface area contributed by atoms with Gasteiger partial charge in [0.1, 0.15) is 15.5 Å². The van der Waals surface area contributed by atoms with E-state index in [1.54, 1.807) is 7.11 Å². The molecule has 174 valence electrons. The summed E-state index contributed by atoms with van der Waals surface area (Å²) in [6.45, 7) is 4.07. The lowest BCUT2D eigenvalue weighted by molar-refractivity contribution is 0.103. The molecule has 0 aliphatic heterocycles. The lowest BCUT2D eigenvalue weighted by atomic mass is 9.99. The van der Waals surface area contributed by atoms with Crippen molar-refractivity contribution in [2.75, 3.05) is 18.2 Å². The van der Waals surface area contributed by atoms with Gasteiger partial charge in [-0.05, 0) is 55.3 Å². The van der Waals surface area contributed by atoms with E-state index in [0.717, 1.165) is 49.6 Å². The van der Waals surface area contributed by atoms with Gasteiger partial charge in [-0.25, -0.2) is 4.98 Å². The van der Waals surface area contributed by atoms with Crippen LogP contribution in [-0.2, 0) is 0 Å². The number of hydrogen-bond acceptors (Lipinski definition) is 5. The zero-order valence-corrected chi connectivity index (χ0v) is 20.6. The van der Waals surface area contributed by atoms with E-state index in [-0.39, 0.29) is 5.91 Å². The highest BCUT2D eigenvalue weighted by Crippen LogP contribution is 2.42. The van der Waals surface area contributed by atoms with E-state index in [1.807, 2.05) is 61.5 Å². The van der Waals surface area contributed by atoms with E-state index in [0.29, 0.717) is 10.6 Å². The molecule has 3 N–H and O–H groups in total. The van der Waals surface area contributed by atoms with Gasteiger partial charge in [-0.3, -0.25) is 4.79 Å². The number of nitrogens with one attached hydrogen (secondary N) is 1. The van der Waals surface area contributed by atoms with Crippen LogP contribution in [0.2, 0.25) is 0 Å². The third-order valence-electron chi connectivity index (χ3n) is 5.96. The first kappa shape index (κ1) is 22.6. The SMILES string of the molecule is COc1ccc(-c2cc(-c3ccc(C)cc3)nc3sc(C(=O)Nc4ccc(C)cc4)c(N)c23)cc1. The van der Waals surface area contributed by atoms with Gasteiger partial charge in [0.15, 0.2) is 0 Å². The number of ether oxygens (including phenoxy) is 1. The van der Waals surface area contributed by atoms with Gasteiger partial charge in [-0.1, -0.05) is 59.7 Å². The molecule has 5 aromatic rings. The van der Waals surface area contributed by atoms with Crippen LogP contribution in [0.1, 0.15) is 20.8 Å². The zero-order valence-electron chi connectivity index (χ0n) is 19.8. The van der Waals surface area contributed by atoms with E-state index in [9.17, 15) is 4.79 Å². The quantitative estimate of drug-likeness (QED) is 0.282. The average molecular weight is 480 g/mol. The van der Waals surface area contributed by atoms with E-state index >= 15 is 0 Å². The molecular formula is C29H25N3O2S. The van der Waals surface area contributed by atoms with Crippen LogP contribution >= 0.6 is 11.3 Å². The fourth-order valence-electron chi connectivity index (χ4n) is 3.98. The van der Waals surface area contributed by atoms with Crippen molar-refractivity contribution in [3.8, 4) is 28.1 Å². The zero-order chi connectivity index (χ0) is 24.5. The van der Waals surface area contributed by atoms with Crippen LogP contribution in [0.4, 0.5) is 11.4 Å². The van der Waals surface area contributed by atoms with Gasteiger partial charge in [0.05, 0.1) is 18.5 Å². The number of hydrogen-bond donors (Lipinski definition) is 2. The number of aryl methyl sites for hydroxylation is 2. The molecule has 0 spiro atoms. The predicted molar refractivity (Wildman–Crippen MR) is 145 cm³/mol. The van der Waals surface area contributed by atoms with Crippen LogP contribution in [0.25, 0.3) is 32.6 Å². The molecule has 1 amide bonds. The number of benzene rings is 3. The molecule has 0 aliphatic carbocycles. The minimum atomic E-state index is -0.244. The topological polar surface area (TPSA) is 77.2 Å². The van der Waals surface area contributed by atoms with Crippen molar-refractivity contribution in [3.05, 3.63) is 94.9 Å². The smallest absolute Gasteiger partial charge is 0.267 e. The summed E-state index contributed by atoms with van der Waals surface area (Å²) in [7, 11) is 1.64. The Bertz CT molecular complexity index is 1520. The molecule has 2 aromatic heterocycles. The average Bonchev–Trinajstić information content (AvgIpc) is 3.22. The van der Waals surface area contributed by atoms with E-state index in [1.165, 1.54) is 16.9 Å². The maximum absolute atomic E-state index is 13.2. The normalized spacial score (nSPS) is 10.9. The summed E-state index contributed by atoms with van der Waals surface area (Å²) in [5.74, 6) is 0.529. The van der Waals surface area contributed by atoms with Crippen molar-refractivity contribution in [1.29, 1.82) is 0 Å². The van der Waals surface area contributed by atoms with Gasteiger partial charge < -0.3 is 15.8 Å². The van der Waals surface area contributed by atoms with Crippen LogP contribution in [0.15, 0.2) is 78.9 Å². The summed E-state index contributed by atoms with van der Waals surface area (Å²) in [5.41, 5.74) is 13.8. The first-order valence-electron chi connectivity index (χ1n) is 11.3. The Hall–Kier alpha value is -4.16. The van der Waals surface area contributed by atoms with Crippen molar-refractivity contribution >= 4 is 38.8 Å². The number of carbonyl (C=O) groups excluding carboxylic acids is 1. The number of anilines is 2. The Morgan fingerprint density at radius 1 is 0.886 bits per heavy atom. The van der Waals surface area contributed by atoms with Gasteiger partial charge in [0.25, 0.3) is 5.91 Å². The number of nitrogens with two attached hydrogens (primary N) is 1. The Kier molecular flexibility index (Phi) is 5.97. The first-order chi connectivity index (χ1) is 16.9. The molecule has 2 heterocycles. The number of carbonyl (C=O) groups is 1. The van der Waals surface area contributed by atoms with Crippen molar-refractivity contribution in [1.82, 2.24) is 4.98 Å². The summed E-state index contributed by atoms with van der Waals surface area (Å²) < 4.78 is 5.33. The Labute approximate surface area is 208 Å². The van der Waals surface area contributed by atoms with E-state index in [4.69, 9.17) is 15.5 Å². The minimum absolute atomic E-state index is 0.244. The fourth-order valence-corrected chi connectivity index (χ4v) is 5.00. The van der Waals surface area contributed by atoms with Crippen LogP contribution < -0.4 is 15.8 Å². The monoisotopic (exact) mass is 479 g/mol. The van der Waals surface area contributed by atoms with E-state index < -0.39 is 0 Å². The predicted octanol–water partition coefficient (Wildman–Crippen LogP) is 7.09. The van der Waals surface area contributed by atoms with Gasteiger partial charge in [0.2, 0.25) is 0 Å². The second-order valence-electron chi connectivity index (χ2n) is 8.49. The summed E-state index contributed by atoms with van der Waals surface area (Å²) in [6.07, 6.45) is 0. The molecule has 5 nitrogen and oxygen atoms in total. The maximum atomic E-state index is 13.2. The molecule has 0 aliphatic rings. The van der Waals surface area contributed by atoms with Crippen LogP contribution in [0.3, 0.4) is 0 Å². The molecule has 0 radical (unpaired) electrons. The number of thiophene rings is 1. The Balaban J connectivity index is 1.65. The number of fused-ring (bicyclic) bond motifs is 1. The second kappa shape index (κ2) is 9.24. The molecule has 0 saturated carbocycles. The number of rotatable bonds is 5. The van der Waals surface area contributed by atoms with Crippen molar-refractivity contribution in [3.63, 3.8) is 0 Å². The Morgan fingerprint density at radius 2 is 1.49 bits per heavy atom. The molecular weight excluding hydrogens is 454 g/mol. The number of aromatic nitrogens is 1. The third kappa shape index (κ3) is 4.48. The highest BCUT2D eigenvalue weighted by molar-refractivity contribution is 7.21. The summed E-state index contributed by atoms with van der Waals surface area (Å²) >= 11 is 1.31. The second-order valence-corrected chi connectivity index (χ2v) is 9.49. The van der Waals surface area contributed by atoms with Crippen LogP contribution in [-0.4, -0.2) is 18.0 Å². The molecule has 6 heteroatoms. The minimum Gasteiger partial charge on any atom is -0.497 e. The van der Waals surface area contributed by atoms with E-state index in [2.05, 4.69) is 36.5 Å².